The zero-order chi connectivity index (χ0) is 23.5. The van der Waals surface area contributed by atoms with Crippen molar-refractivity contribution in [3.05, 3.63) is 64.7 Å². The topological polar surface area (TPSA) is 26.3 Å². The molecule has 1 unspecified atom stereocenters. The monoisotopic (exact) mass is 448 g/mol. The van der Waals surface area contributed by atoms with E-state index in [1.165, 1.54) is 86.5 Å². The number of esters is 1. The van der Waals surface area contributed by atoms with E-state index in [1.807, 2.05) is 12.1 Å². The molecule has 1 saturated carbocycles. The Morgan fingerprint density at radius 3 is 2.39 bits per heavy atom. The maximum absolute atomic E-state index is 12.6. The molecular weight excluding hydrogens is 404 g/mol. The van der Waals surface area contributed by atoms with Crippen molar-refractivity contribution in [2.75, 3.05) is 0 Å². The lowest BCUT2D eigenvalue weighted by Crippen LogP contribution is -2.12. The molecule has 1 fully saturated rings. The summed E-state index contributed by atoms with van der Waals surface area (Å²) in [5, 5.41) is 0. The number of benzene rings is 2. The quantitative estimate of drug-likeness (QED) is 0.184. The van der Waals surface area contributed by atoms with Crippen LogP contribution in [0.4, 0.5) is 0 Å². The number of rotatable bonds is 12. The number of hydrogen-bond donors (Lipinski definition) is 0. The van der Waals surface area contributed by atoms with Crippen LogP contribution in [0, 0.1) is 0 Å². The highest BCUT2D eigenvalue weighted by atomic mass is 16.5. The summed E-state index contributed by atoms with van der Waals surface area (Å²) in [7, 11) is 0. The van der Waals surface area contributed by atoms with Crippen LogP contribution in [0.25, 0.3) is 0 Å². The van der Waals surface area contributed by atoms with Gasteiger partial charge < -0.3 is 4.74 Å². The van der Waals surface area contributed by atoms with Crippen molar-refractivity contribution in [1.82, 2.24) is 0 Å². The summed E-state index contributed by atoms with van der Waals surface area (Å²) in [6.45, 7) is 6.83. The first-order valence-corrected chi connectivity index (χ1v) is 13.5. The van der Waals surface area contributed by atoms with E-state index in [0.29, 0.717) is 24.0 Å². The number of carbonyl (C=O) groups excluding carboxylic acids is 1. The smallest absolute Gasteiger partial charge is 0.311 e. The van der Waals surface area contributed by atoms with Crippen LogP contribution >= 0.6 is 0 Å². The third-order valence-electron chi connectivity index (χ3n) is 7.33. The van der Waals surface area contributed by atoms with Gasteiger partial charge in [0.25, 0.3) is 0 Å². The molecule has 180 valence electrons. The molecule has 2 nitrogen and oxygen atoms in total. The SMILES string of the molecule is CCCCCc1ccc(OC(=O)CCc2ccc(C(C)CCC)cc2C2CCCCC2)cc1. The molecule has 0 radical (unpaired) electrons. The van der Waals surface area contributed by atoms with Gasteiger partial charge in [-0.05, 0) is 84.7 Å². The highest BCUT2D eigenvalue weighted by Crippen LogP contribution is 2.37. The number of hydrogen-bond acceptors (Lipinski definition) is 2. The van der Waals surface area contributed by atoms with E-state index in [2.05, 4.69) is 51.1 Å². The Morgan fingerprint density at radius 2 is 1.70 bits per heavy atom. The van der Waals surface area contributed by atoms with Gasteiger partial charge in [-0.3, -0.25) is 4.79 Å². The summed E-state index contributed by atoms with van der Waals surface area (Å²) in [4.78, 5) is 12.6. The van der Waals surface area contributed by atoms with E-state index >= 15 is 0 Å². The zero-order valence-corrected chi connectivity index (χ0v) is 21.2. The third kappa shape index (κ3) is 8.02. The van der Waals surface area contributed by atoms with Gasteiger partial charge in [-0.1, -0.05) is 89.6 Å². The summed E-state index contributed by atoms with van der Waals surface area (Å²) in [5.41, 5.74) is 5.62. The molecule has 0 bridgehead atoms. The molecule has 0 N–H and O–H groups in total. The Labute approximate surface area is 202 Å². The third-order valence-corrected chi connectivity index (χ3v) is 7.33. The molecule has 0 heterocycles. The number of carbonyl (C=O) groups is 1. The van der Waals surface area contributed by atoms with Crippen LogP contribution in [0.1, 0.15) is 125 Å². The predicted molar refractivity (Wildman–Crippen MR) is 139 cm³/mol. The van der Waals surface area contributed by atoms with E-state index in [-0.39, 0.29) is 5.97 Å². The number of unbranched alkanes of at least 4 members (excludes halogenated alkanes) is 2. The molecule has 2 aromatic carbocycles. The van der Waals surface area contributed by atoms with Gasteiger partial charge in [-0.25, -0.2) is 0 Å². The van der Waals surface area contributed by atoms with Crippen LogP contribution in [0.5, 0.6) is 5.75 Å². The van der Waals surface area contributed by atoms with Gasteiger partial charge in [0.05, 0.1) is 0 Å². The molecular formula is C31H44O2. The fourth-order valence-corrected chi connectivity index (χ4v) is 5.26. The Bertz CT molecular complexity index is 846. The lowest BCUT2D eigenvalue weighted by atomic mass is 9.79. The molecule has 3 rings (SSSR count). The molecule has 0 aliphatic heterocycles. The minimum atomic E-state index is -0.133. The van der Waals surface area contributed by atoms with E-state index in [9.17, 15) is 4.79 Å². The van der Waals surface area contributed by atoms with Gasteiger partial charge in [-0.15, -0.1) is 0 Å². The minimum absolute atomic E-state index is 0.133. The summed E-state index contributed by atoms with van der Waals surface area (Å²) >= 11 is 0. The molecule has 33 heavy (non-hydrogen) atoms. The van der Waals surface area contributed by atoms with E-state index in [4.69, 9.17) is 4.74 Å². The standard InChI is InChI=1S/C31H44O2/c1-4-6-8-12-25-15-20-29(21-16-25)33-31(32)22-19-27-17-18-28(24(3)11-5-2)23-30(27)26-13-9-7-10-14-26/h15-18,20-21,23-24,26H,4-14,19,22H2,1-3H3. The molecule has 2 aromatic rings. The fraction of sp³-hybridized carbons (Fsp3) is 0.581. The second-order valence-electron chi connectivity index (χ2n) is 10.1. The lowest BCUT2D eigenvalue weighted by Gasteiger charge is -2.26. The molecule has 0 amide bonds. The van der Waals surface area contributed by atoms with Gasteiger partial charge >= 0.3 is 5.97 Å². The predicted octanol–water partition coefficient (Wildman–Crippen LogP) is 8.91. The molecule has 1 atom stereocenters. The fourth-order valence-electron chi connectivity index (χ4n) is 5.26. The molecule has 0 saturated heterocycles. The Morgan fingerprint density at radius 1 is 0.939 bits per heavy atom. The largest absolute Gasteiger partial charge is 0.427 e. The van der Waals surface area contributed by atoms with Gasteiger partial charge in [0.2, 0.25) is 0 Å². The molecule has 0 spiro atoms. The molecule has 1 aliphatic rings. The number of aryl methyl sites for hydroxylation is 2. The van der Waals surface area contributed by atoms with Crippen molar-refractivity contribution in [2.24, 2.45) is 0 Å². The second kappa shape index (κ2) is 13.6. The zero-order valence-electron chi connectivity index (χ0n) is 21.2. The average Bonchev–Trinajstić information content (AvgIpc) is 2.84. The first-order valence-electron chi connectivity index (χ1n) is 13.5. The molecule has 0 aromatic heterocycles. The van der Waals surface area contributed by atoms with Gasteiger partial charge in [0.15, 0.2) is 0 Å². The highest BCUT2D eigenvalue weighted by molar-refractivity contribution is 5.72. The van der Waals surface area contributed by atoms with Crippen LogP contribution in [-0.2, 0) is 17.6 Å². The van der Waals surface area contributed by atoms with Crippen LogP contribution in [0.3, 0.4) is 0 Å². The first kappa shape index (κ1) is 25.5. The Hall–Kier alpha value is -2.09. The summed E-state index contributed by atoms with van der Waals surface area (Å²) in [6.07, 6.45) is 15.0. The van der Waals surface area contributed by atoms with Gasteiger partial charge in [-0.2, -0.15) is 0 Å². The lowest BCUT2D eigenvalue weighted by molar-refractivity contribution is -0.134. The van der Waals surface area contributed by atoms with Crippen LogP contribution in [-0.4, -0.2) is 5.97 Å². The van der Waals surface area contributed by atoms with Gasteiger partial charge in [0, 0.05) is 6.42 Å². The first-order chi connectivity index (χ1) is 16.1. The normalized spacial score (nSPS) is 15.4. The van der Waals surface area contributed by atoms with Gasteiger partial charge in [0.1, 0.15) is 5.75 Å². The van der Waals surface area contributed by atoms with E-state index in [1.54, 1.807) is 0 Å². The maximum atomic E-state index is 12.6. The average molecular weight is 449 g/mol. The molecule has 2 heteroatoms. The second-order valence-corrected chi connectivity index (χ2v) is 10.1. The van der Waals surface area contributed by atoms with Crippen LogP contribution in [0.15, 0.2) is 42.5 Å². The van der Waals surface area contributed by atoms with E-state index in [0.717, 1.165) is 12.8 Å². The summed E-state index contributed by atoms with van der Waals surface area (Å²) < 4.78 is 5.66. The van der Waals surface area contributed by atoms with Crippen LogP contribution < -0.4 is 4.74 Å². The Balaban J connectivity index is 1.61. The van der Waals surface area contributed by atoms with Crippen molar-refractivity contribution in [2.45, 2.75) is 116 Å². The highest BCUT2D eigenvalue weighted by Gasteiger charge is 2.20. The minimum Gasteiger partial charge on any atom is -0.427 e. The Kier molecular flexibility index (Phi) is 10.5. The van der Waals surface area contributed by atoms with Crippen molar-refractivity contribution >= 4 is 5.97 Å². The summed E-state index contributed by atoms with van der Waals surface area (Å²) in [5.74, 6) is 1.78. The van der Waals surface area contributed by atoms with Crippen LogP contribution in [0.2, 0.25) is 0 Å². The number of ether oxygens (including phenoxy) is 1. The summed E-state index contributed by atoms with van der Waals surface area (Å²) in [6, 6.07) is 15.1. The molecule has 1 aliphatic carbocycles. The van der Waals surface area contributed by atoms with Crippen molar-refractivity contribution in [3.63, 3.8) is 0 Å². The van der Waals surface area contributed by atoms with Crippen molar-refractivity contribution < 1.29 is 9.53 Å². The maximum Gasteiger partial charge on any atom is 0.311 e. The van der Waals surface area contributed by atoms with Crippen molar-refractivity contribution in [1.29, 1.82) is 0 Å². The van der Waals surface area contributed by atoms with Crippen molar-refractivity contribution in [3.8, 4) is 5.75 Å². The van der Waals surface area contributed by atoms with E-state index < -0.39 is 0 Å².